The summed E-state index contributed by atoms with van der Waals surface area (Å²) in [6.45, 7) is 2.74. The second-order valence-electron chi connectivity index (χ2n) is 4.50. The average Bonchev–Trinajstić information content (AvgIpc) is 2.41. The Morgan fingerprint density at radius 3 is 2.89 bits per heavy atom. The highest BCUT2D eigenvalue weighted by molar-refractivity contribution is 5.76. The van der Waals surface area contributed by atoms with Crippen LogP contribution in [-0.2, 0) is 4.79 Å². The lowest BCUT2D eigenvalue weighted by molar-refractivity contribution is -0.131. The first-order valence-corrected chi connectivity index (χ1v) is 6.38. The van der Waals surface area contributed by atoms with Gasteiger partial charge in [0.1, 0.15) is 11.6 Å². The van der Waals surface area contributed by atoms with Crippen molar-refractivity contribution in [2.75, 3.05) is 20.2 Å². The Balaban J connectivity index is 2.26. The summed E-state index contributed by atoms with van der Waals surface area (Å²) in [4.78, 5) is 13.4. The molecule has 1 rings (SSSR count). The summed E-state index contributed by atoms with van der Waals surface area (Å²) in [7, 11) is 1.74. The Bertz CT molecular complexity index is 412. The van der Waals surface area contributed by atoms with Gasteiger partial charge in [0.2, 0.25) is 5.91 Å². The Morgan fingerprint density at radius 1 is 1.53 bits per heavy atom. The molecule has 106 valence electrons. The van der Waals surface area contributed by atoms with Gasteiger partial charge >= 0.3 is 0 Å². The SMILES string of the molecule is CC(CN)N(C)C(=O)CCCOc1cccc(F)c1. The van der Waals surface area contributed by atoms with Crippen LogP contribution in [0.3, 0.4) is 0 Å². The van der Waals surface area contributed by atoms with Gasteiger partial charge in [-0.25, -0.2) is 4.39 Å². The van der Waals surface area contributed by atoms with Gasteiger partial charge in [-0.3, -0.25) is 4.79 Å². The summed E-state index contributed by atoms with van der Waals surface area (Å²) in [5.74, 6) is 0.196. The van der Waals surface area contributed by atoms with E-state index in [0.717, 1.165) is 0 Å². The minimum atomic E-state index is -0.329. The summed E-state index contributed by atoms with van der Waals surface area (Å²) in [6.07, 6.45) is 0.993. The Kier molecular flexibility index (Phi) is 6.29. The van der Waals surface area contributed by atoms with E-state index in [1.165, 1.54) is 12.1 Å². The minimum absolute atomic E-state index is 0.0386. The zero-order valence-electron chi connectivity index (χ0n) is 11.4. The van der Waals surface area contributed by atoms with Crippen molar-refractivity contribution in [2.45, 2.75) is 25.8 Å². The van der Waals surface area contributed by atoms with Crippen molar-refractivity contribution in [1.29, 1.82) is 0 Å². The first kappa shape index (κ1) is 15.4. The van der Waals surface area contributed by atoms with E-state index in [2.05, 4.69) is 0 Å². The van der Waals surface area contributed by atoms with Crippen molar-refractivity contribution < 1.29 is 13.9 Å². The molecule has 0 radical (unpaired) electrons. The standard InChI is InChI=1S/C14H21FN2O2/c1-11(10-16)17(2)14(18)7-4-8-19-13-6-3-5-12(15)9-13/h3,5-6,9,11H,4,7-8,10,16H2,1-2H3. The van der Waals surface area contributed by atoms with Crippen LogP contribution in [0.25, 0.3) is 0 Å². The molecule has 1 atom stereocenters. The molecule has 0 heterocycles. The van der Waals surface area contributed by atoms with Gasteiger partial charge in [0.25, 0.3) is 0 Å². The molecular formula is C14H21FN2O2. The van der Waals surface area contributed by atoms with E-state index in [1.807, 2.05) is 6.92 Å². The smallest absolute Gasteiger partial charge is 0.222 e. The molecule has 5 heteroatoms. The van der Waals surface area contributed by atoms with Crippen LogP contribution < -0.4 is 10.5 Å². The van der Waals surface area contributed by atoms with Crippen molar-refractivity contribution in [3.63, 3.8) is 0 Å². The predicted molar refractivity (Wildman–Crippen MR) is 72.4 cm³/mol. The van der Waals surface area contributed by atoms with E-state index < -0.39 is 0 Å². The van der Waals surface area contributed by atoms with Gasteiger partial charge in [-0.1, -0.05) is 6.07 Å². The largest absolute Gasteiger partial charge is 0.493 e. The van der Waals surface area contributed by atoms with E-state index in [1.54, 1.807) is 24.1 Å². The number of nitrogens with two attached hydrogens (primary N) is 1. The molecule has 0 aliphatic rings. The van der Waals surface area contributed by atoms with Crippen molar-refractivity contribution in [1.82, 2.24) is 4.90 Å². The van der Waals surface area contributed by atoms with Crippen LogP contribution in [0.4, 0.5) is 4.39 Å². The van der Waals surface area contributed by atoms with Crippen molar-refractivity contribution >= 4 is 5.91 Å². The fraction of sp³-hybridized carbons (Fsp3) is 0.500. The number of benzene rings is 1. The van der Waals surface area contributed by atoms with E-state index in [0.29, 0.717) is 31.7 Å². The third-order valence-electron chi connectivity index (χ3n) is 3.00. The molecule has 4 nitrogen and oxygen atoms in total. The number of hydrogen-bond donors (Lipinski definition) is 1. The molecule has 0 bridgehead atoms. The van der Waals surface area contributed by atoms with Crippen LogP contribution in [0.2, 0.25) is 0 Å². The van der Waals surface area contributed by atoms with Crippen LogP contribution in [0.15, 0.2) is 24.3 Å². The van der Waals surface area contributed by atoms with Gasteiger partial charge in [-0.05, 0) is 25.5 Å². The van der Waals surface area contributed by atoms with Gasteiger partial charge in [-0.15, -0.1) is 0 Å². The summed E-state index contributed by atoms with van der Waals surface area (Å²) >= 11 is 0. The van der Waals surface area contributed by atoms with Gasteiger partial charge in [0, 0.05) is 32.1 Å². The number of amides is 1. The van der Waals surface area contributed by atoms with Crippen LogP contribution in [0.1, 0.15) is 19.8 Å². The minimum Gasteiger partial charge on any atom is -0.493 e. The van der Waals surface area contributed by atoms with E-state index >= 15 is 0 Å². The third kappa shape index (κ3) is 5.26. The number of carbonyl (C=O) groups excluding carboxylic acids is 1. The molecule has 0 spiro atoms. The molecule has 1 aromatic carbocycles. The van der Waals surface area contributed by atoms with Crippen molar-refractivity contribution in [3.05, 3.63) is 30.1 Å². The van der Waals surface area contributed by atoms with Crippen molar-refractivity contribution in [2.24, 2.45) is 5.73 Å². The monoisotopic (exact) mass is 268 g/mol. The lowest BCUT2D eigenvalue weighted by Crippen LogP contribution is -2.39. The number of nitrogens with zero attached hydrogens (tertiary/aromatic N) is 1. The quantitative estimate of drug-likeness (QED) is 0.767. The molecule has 2 N–H and O–H groups in total. The van der Waals surface area contributed by atoms with Crippen LogP contribution in [0, 0.1) is 5.82 Å². The summed E-state index contributed by atoms with van der Waals surface area (Å²) in [5.41, 5.74) is 5.50. The molecule has 0 saturated carbocycles. The van der Waals surface area contributed by atoms with E-state index in [4.69, 9.17) is 10.5 Å². The number of halogens is 1. The fourth-order valence-electron chi connectivity index (χ4n) is 1.55. The second kappa shape index (κ2) is 7.74. The highest BCUT2D eigenvalue weighted by atomic mass is 19.1. The Morgan fingerprint density at radius 2 is 2.26 bits per heavy atom. The molecule has 19 heavy (non-hydrogen) atoms. The van der Waals surface area contributed by atoms with Crippen molar-refractivity contribution in [3.8, 4) is 5.75 Å². The number of likely N-dealkylation sites (N-methyl/N-ethyl adjacent to an activating group) is 1. The normalized spacial score (nSPS) is 12.0. The Hall–Kier alpha value is -1.62. The molecule has 1 aromatic rings. The number of carbonyl (C=O) groups is 1. The predicted octanol–water partition coefficient (Wildman–Crippen LogP) is 1.79. The first-order chi connectivity index (χ1) is 9.04. The highest BCUT2D eigenvalue weighted by Gasteiger charge is 2.13. The van der Waals surface area contributed by atoms with Crippen LogP contribution in [0.5, 0.6) is 5.75 Å². The maximum atomic E-state index is 12.9. The maximum absolute atomic E-state index is 12.9. The average molecular weight is 268 g/mol. The van der Waals surface area contributed by atoms with Gasteiger partial charge in [-0.2, -0.15) is 0 Å². The third-order valence-corrected chi connectivity index (χ3v) is 3.00. The number of hydrogen-bond acceptors (Lipinski definition) is 3. The zero-order chi connectivity index (χ0) is 14.3. The van der Waals surface area contributed by atoms with Crippen LogP contribution >= 0.6 is 0 Å². The molecule has 0 fully saturated rings. The lowest BCUT2D eigenvalue weighted by Gasteiger charge is -2.23. The molecule has 0 aliphatic carbocycles. The van der Waals surface area contributed by atoms with Gasteiger partial charge in [0.15, 0.2) is 0 Å². The lowest BCUT2D eigenvalue weighted by atomic mass is 10.2. The topological polar surface area (TPSA) is 55.6 Å². The Labute approximate surface area is 113 Å². The maximum Gasteiger partial charge on any atom is 0.222 e. The number of rotatable bonds is 7. The van der Waals surface area contributed by atoms with Gasteiger partial charge < -0.3 is 15.4 Å². The van der Waals surface area contributed by atoms with Gasteiger partial charge in [0.05, 0.1) is 6.61 Å². The zero-order valence-corrected chi connectivity index (χ0v) is 11.4. The molecule has 0 aromatic heterocycles. The van der Waals surface area contributed by atoms with E-state index in [9.17, 15) is 9.18 Å². The molecule has 1 unspecified atom stereocenters. The number of ether oxygens (including phenoxy) is 1. The summed E-state index contributed by atoms with van der Waals surface area (Å²) in [5, 5.41) is 0. The molecule has 0 aliphatic heterocycles. The summed E-state index contributed by atoms with van der Waals surface area (Å²) < 4.78 is 18.3. The second-order valence-corrected chi connectivity index (χ2v) is 4.50. The van der Waals surface area contributed by atoms with E-state index in [-0.39, 0.29) is 17.8 Å². The fourth-order valence-corrected chi connectivity index (χ4v) is 1.55. The van der Waals surface area contributed by atoms with Crippen LogP contribution in [-0.4, -0.2) is 37.0 Å². The summed E-state index contributed by atoms with van der Waals surface area (Å²) in [6, 6.07) is 6.00. The molecule has 0 saturated heterocycles. The first-order valence-electron chi connectivity index (χ1n) is 6.38. The molecular weight excluding hydrogens is 247 g/mol. The highest BCUT2D eigenvalue weighted by Crippen LogP contribution is 2.12. The molecule has 1 amide bonds.